The minimum atomic E-state index is -0.436. The molecule has 0 unspecified atom stereocenters. The van der Waals surface area contributed by atoms with Gasteiger partial charge in [0, 0.05) is 30.8 Å². The van der Waals surface area contributed by atoms with Gasteiger partial charge in [-0.25, -0.2) is 9.97 Å². The van der Waals surface area contributed by atoms with Crippen LogP contribution in [0.2, 0.25) is 0 Å². The second-order valence-corrected chi connectivity index (χ2v) is 5.23. The molecule has 0 fully saturated rings. The van der Waals surface area contributed by atoms with Crippen molar-refractivity contribution in [1.82, 2.24) is 9.97 Å². The van der Waals surface area contributed by atoms with E-state index in [9.17, 15) is 10.1 Å². The summed E-state index contributed by atoms with van der Waals surface area (Å²) in [6.07, 6.45) is 1.66. The largest absolute Gasteiger partial charge is 0.373 e. The molecule has 0 radical (unpaired) electrons. The Morgan fingerprint density at radius 3 is 2.75 bits per heavy atom. The highest BCUT2D eigenvalue weighted by atomic mass is 16.6. The number of nitrogens with one attached hydrogen (secondary N) is 1. The van der Waals surface area contributed by atoms with E-state index in [0.717, 1.165) is 10.9 Å². The van der Waals surface area contributed by atoms with Gasteiger partial charge >= 0.3 is 0 Å². The Balaban J connectivity index is 2.42. The molecule has 7 nitrogen and oxygen atoms in total. The number of rotatable bonds is 3. The molecule has 0 aliphatic heterocycles. The van der Waals surface area contributed by atoms with Crippen LogP contribution in [0.1, 0.15) is 11.3 Å². The Morgan fingerprint density at radius 2 is 2.08 bits per heavy atom. The van der Waals surface area contributed by atoms with Crippen molar-refractivity contribution >= 4 is 22.4 Å². The number of anilines is 1. The van der Waals surface area contributed by atoms with Gasteiger partial charge in [0.05, 0.1) is 16.0 Å². The average Bonchev–Trinajstić information content (AvgIpc) is 2.60. The monoisotopic (exact) mass is 319 g/mol. The van der Waals surface area contributed by atoms with Gasteiger partial charge in [-0.05, 0) is 30.2 Å². The van der Waals surface area contributed by atoms with Crippen LogP contribution in [-0.2, 0) is 0 Å². The zero-order valence-electron chi connectivity index (χ0n) is 13.1. The van der Waals surface area contributed by atoms with Crippen LogP contribution in [-0.4, -0.2) is 21.9 Å². The van der Waals surface area contributed by atoms with Crippen LogP contribution in [0.15, 0.2) is 36.5 Å². The van der Waals surface area contributed by atoms with E-state index in [-0.39, 0.29) is 11.4 Å². The quantitative estimate of drug-likeness (QED) is 0.585. The van der Waals surface area contributed by atoms with Gasteiger partial charge in [-0.3, -0.25) is 10.1 Å². The van der Waals surface area contributed by atoms with Crippen LogP contribution < -0.4 is 5.32 Å². The summed E-state index contributed by atoms with van der Waals surface area (Å²) in [5.41, 5.74) is 3.02. The van der Waals surface area contributed by atoms with E-state index >= 15 is 0 Å². The third kappa shape index (κ3) is 2.50. The summed E-state index contributed by atoms with van der Waals surface area (Å²) in [5, 5.41) is 24.0. The molecule has 0 saturated heterocycles. The molecule has 0 saturated carbocycles. The Bertz CT molecular complexity index is 1010. The molecule has 0 amide bonds. The first-order valence-corrected chi connectivity index (χ1v) is 7.18. The number of fused-ring (bicyclic) bond motifs is 1. The molecule has 0 atom stereocenters. The van der Waals surface area contributed by atoms with Crippen molar-refractivity contribution in [3.8, 4) is 17.2 Å². The first-order chi connectivity index (χ1) is 11.5. The molecule has 0 aliphatic carbocycles. The molecule has 0 bridgehead atoms. The Morgan fingerprint density at radius 1 is 1.29 bits per heavy atom. The minimum absolute atomic E-state index is 0.00825. The highest BCUT2D eigenvalue weighted by Gasteiger charge is 2.17. The van der Waals surface area contributed by atoms with Crippen LogP contribution in [0.25, 0.3) is 22.0 Å². The number of hydrogen-bond acceptors (Lipinski definition) is 6. The topological polar surface area (TPSA) is 105 Å². The van der Waals surface area contributed by atoms with Gasteiger partial charge in [-0.15, -0.1) is 0 Å². The maximum atomic E-state index is 11.1. The van der Waals surface area contributed by atoms with Gasteiger partial charge in [0.1, 0.15) is 17.6 Å². The fourth-order valence-corrected chi connectivity index (χ4v) is 2.58. The molecule has 3 rings (SSSR count). The summed E-state index contributed by atoms with van der Waals surface area (Å²) in [7, 11) is 1.72. The number of nitro benzene ring substituents is 1. The van der Waals surface area contributed by atoms with Crippen LogP contribution in [0, 0.1) is 28.4 Å². The first kappa shape index (κ1) is 15.4. The smallest absolute Gasteiger partial charge is 0.270 e. The zero-order chi connectivity index (χ0) is 17.3. The number of nitrogens with zero attached hydrogens (tertiary/aromatic N) is 4. The number of pyridine rings is 2. The van der Waals surface area contributed by atoms with E-state index in [4.69, 9.17) is 5.26 Å². The lowest BCUT2D eigenvalue weighted by Crippen LogP contribution is -2.00. The van der Waals surface area contributed by atoms with Gasteiger partial charge in [-0.2, -0.15) is 5.26 Å². The fraction of sp³-hybridized carbons (Fsp3) is 0.118. The normalized spacial score (nSPS) is 10.4. The summed E-state index contributed by atoms with van der Waals surface area (Å²) >= 11 is 0. The Hall–Kier alpha value is -3.53. The second kappa shape index (κ2) is 5.93. The van der Waals surface area contributed by atoms with Gasteiger partial charge in [0.25, 0.3) is 5.69 Å². The average molecular weight is 319 g/mol. The summed E-state index contributed by atoms with van der Waals surface area (Å²) in [4.78, 5) is 19.4. The highest BCUT2D eigenvalue weighted by molar-refractivity contribution is 5.99. The van der Waals surface area contributed by atoms with E-state index in [2.05, 4.69) is 15.3 Å². The van der Waals surface area contributed by atoms with Crippen molar-refractivity contribution in [3.05, 3.63) is 57.9 Å². The van der Waals surface area contributed by atoms with Crippen LogP contribution in [0.5, 0.6) is 0 Å². The van der Waals surface area contributed by atoms with E-state index in [1.807, 2.05) is 13.0 Å². The lowest BCUT2D eigenvalue weighted by atomic mass is 9.98. The van der Waals surface area contributed by atoms with Crippen molar-refractivity contribution in [1.29, 1.82) is 5.26 Å². The van der Waals surface area contributed by atoms with Gasteiger partial charge < -0.3 is 5.32 Å². The van der Waals surface area contributed by atoms with Crippen LogP contribution in [0.3, 0.4) is 0 Å². The predicted octanol–water partition coefficient (Wildman–Crippen LogP) is 3.43. The van der Waals surface area contributed by atoms with E-state index in [0.29, 0.717) is 22.5 Å². The SMILES string of the molecule is CNc1ncc2ccc(C#N)nc2c1-c1cc([N+](=O)[O-])ccc1C. The molecule has 1 aromatic carbocycles. The van der Waals surface area contributed by atoms with E-state index in [1.54, 1.807) is 31.4 Å². The second-order valence-electron chi connectivity index (χ2n) is 5.23. The molecular formula is C17H13N5O2. The first-order valence-electron chi connectivity index (χ1n) is 7.18. The molecule has 2 heterocycles. The molecule has 1 N–H and O–H groups in total. The van der Waals surface area contributed by atoms with Gasteiger partial charge in [0.2, 0.25) is 0 Å². The summed E-state index contributed by atoms with van der Waals surface area (Å²) in [6.45, 7) is 1.87. The maximum absolute atomic E-state index is 11.1. The number of aromatic nitrogens is 2. The third-order valence-corrected chi connectivity index (χ3v) is 3.79. The molecule has 2 aromatic heterocycles. The lowest BCUT2D eigenvalue weighted by Gasteiger charge is -2.13. The van der Waals surface area contributed by atoms with E-state index < -0.39 is 4.92 Å². The standard InChI is InChI=1S/C17H13N5O2/c1-10-3-6-13(22(23)24)7-14(10)15-16-11(9-20-17(15)19-2)4-5-12(8-18)21-16/h3-7,9H,1-2H3,(H,19,20). The van der Waals surface area contributed by atoms with Crippen molar-refractivity contribution in [2.75, 3.05) is 12.4 Å². The Kier molecular flexibility index (Phi) is 3.80. The molecule has 24 heavy (non-hydrogen) atoms. The molecule has 7 heteroatoms. The van der Waals surface area contributed by atoms with Gasteiger partial charge in [0.15, 0.2) is 0 Å². The third-order valence-electron chi connectivity index (χ3n) is 3.79. The van der Waals surface area contributed by atoms with Crippen molar-refractivity contribution < 1.29 is 4.92 Å². The van der Waals surface area contributed by atoms with Crippen LogP contribution in [0.4, 0.5) is 11.5 Å². The van der Waals surface area contributed by atoms with Crippen molar-refractivity contribution in [2.24, 2.45) is 0 Å². The number of aryl methyl sites for hydroxylation is 1. The van der Waals surface area contributed by atoms with Crippen LogP contribution >= 0.6 is 0 Å². The van der Waals surface area contributed by atoms with Gasteiger partial charge in [-0.1, -0.05) is 6.07 Å². The maximum Gasteiger partial charge on any atom is 0.270 e. The Labute approximate surface area is 137 Å². The van der Waals surface area contributed by atoms with Crippen molar-refractivity contribution in [3.63, 3.8) is 0 Å². The highest BCUT2D eigenvalue weighted by Crippen LogP contribution is 2.36. The number of hydrogen-bond donors (Lipinski definition) is 1. The number of nitriles is 1. The molecule has 0 aliphatic rings. The molecule has 3 aromatic rings. The fourth-order valence-electron chi connectivity index (χ4n) is 2.58. The number of non-ortho nitro benzene ring substituents is 1. The lowest BCUT2D eigenvalue weighted by molar-refractivity contribution is -0.384. The zero-order valence-corrected chi connectivity index (χ0v) is 13.1. The molecular weight excluding hydrogens is 306 g/mol. The number of nitro groups is 1. The van der Waals surface area contributed by atoms with Crippen molar-refractivity contribution in [2.45, 2.75) is 6.92 Å². The number of benzene rings is 1. The predicted molar refractivity (Wildman–Crippen MR) is 90.6 cm³/mol. The minimum Gasteiger partial charge on any atom is -0.373 e. The summed E-state index contributed by atoms with van der Waals surface area (Å²) in [6, 6.07) is 10.1. The summed E-state index contributed by atoms with van der Waals surface area (Å²) in [5.74, 6) is 0.550. The summed E-state index contributed by atoms with van der Waals surface area (Å²) < 4.78 is 0. The molecule has 118 valence electrons. The molecule has 0 spiro atoms. The van der Waals surface area contributed by atoms with E-state index in [1.165, 1.54) is 12.1 Å².